The lowest BCUT2D eigenvalue weighted by atomic mass is 9.99. The third kappa shape index (κ3) is 9.63. The van der Waals surface area contributed by atoms with Gasteiger partial charge in [-0.05, 0) is 50.5 Å². The molecule has 0 unspecified atom stereocenters. The molecule has 4 amide bonds. The number of amides is 4. The SMILES string of the molecule is CSC[C@H](NC(=O)COc1cccc2ccccc12)C(=O)N[C@@H](Cc1ccccc1)[C@H](O)C(=O)N1CSC[C@@H]1C(=O)NC(C)(C)C. The van der Waals surface area contributed by atoms with Crippen molar-refractivity contribution in [3.8, 4) is 5.75 Å². The Balaban J connectivity index is 1.46. The number of thioether (sulfide) groups is 2. The fourth-order valence-electron chi connectivity index (χ4n) is 5.12. The standard InChI is InChI=1S/C34H42N4O6S2/c1-34(2,3)37-32(42)27-20-46-21-38(27)33(43)30(40)25(17-22-11-6-5-7-12-22)36-31(41)26(19-45-4)35-29(39)18-44-28-16-10-14-23-13-8-9-15-24(23)28/h5-16,25-27,30,40H,17-21H2,1-4H3,(H,35,39)(H,36,41)(H,37,42)/t25-,26-,27+,30-/m0/s1. The summed E-state index contributed by atoms with van der Waals surface area (Å²) in [7, 11) is 0. The lowest BCUT2D eigenvalue weighted by Gasteiger charge is -2.32. The maximum atomic E-state index is 13.7. The molecule has 0 saturated carbocycles. The smallest absolute Gasteiger partial charge is 0.258 e. The molecule has 1 aliphatic rings. The number of carbonyl (C=O) groups excluding carboxylic acids is 4. The van der Waals surface area contributed by atoms with Crippen LogP contribution in [0.2, 0.25) is 0 Å². The van der Waals surface area contributed by atoms with Crippen LogP contribution in [-0.4, -0.2) is 93.6 Å². The van der Waals surface area contributed by atoms with Crippen LogP contribution in [-0.2, 0) is 25.6 Å². The van der Waals surface area contributed by atoms with Gasteiger partial charge in [0, 0.05) is 22.4 Å². The summed E-state index contributed by atoms with van der Waals surface area (Å²) < 4.78 is 5.81. The van der Waals surface area contributed by atoms with Gasteiger partial charge in [0.2, 0.25) is 11.8 Å². The molecule has 0 aromatic heterocycles. The fraction of sp³-hybridized carbons (Fsp3) is 0.412. The number of carbonyl (C=O) groups is 4. The molecule has 0 bridgehead atoms. The molecule has 1 aliphatic heterocycles. The Morgan fingerprint density at radius 1 is 1.00 bits per heavy atom. The summed E-state index contributed by atoms with van der Waals surface area (Å²) >= 11 is 2.79. The molecule has 4 atom stereocenters. The van der Waals surface area contributed by atoms with E-state index in [0.717, 1.165) is 16.3 Å². The first-order valence-electron chi connectivity index (χ1n) is 15.1. The summed E-state index contributed by atoms with van der Waals surface area (Å²) in [6.07, 6.45) is 0.337. The van der Waals surface area contributed by atoms with E-state index < -0.39 is 47.5 Å². The van der Waals surface area contributed by atoms with Gasteiger partial charge < -0.3 is 30.7 Å². The molecule has 0 spiro atoms. The molecule has 4 rings (SSSR count). The topological polar surface area (TPSA) is 137 Å². The zero-order chi connectivity index (χ0) is 33.3. The van der Waals surface area contributed by atoms with Crippen LogP contribution in [0.15, 0.2) is 72.8 Å². The van der Waals surface area contributed by atoms with Gasteiger partial charge in [0.25, 0.3) is 11.8 Å². The molecule has 1 fully saturated rings. The first-order chi connectivity index (χ1) is 22.0. The highest BCUT2D eigenvalue weighted by Crippen LogP contribution is 2.25. The number of benzene rings is 3. The minimum Gasteiger partial charge on any atom is -0.483 e. The second kappa shape index (κ2) is 16.2. The van der Waals surface area contributed by atoms with Gasteiger partial charge in [-0.2, -0.15) is 11.8 Å². The number of rotatable bonds is 13. The summed E-state index contributed by atoms with van der Waals surface area (Å²) in [4.78, 5) is 54.6. The van der Waals surface area contributed by atoms with Crippen LogP contribution < -0.4 is 20.7 Å². The van der Waals surface area contributed by atoms with Crippen molar-refractivity contribution in [1.29, 1.82) is 0 Å². The number of hydrogen-bond acceptors (Lipinski definition) is 8. The van der Waals surface area contributed by atoms with Gasteiger partial charge in [0.15, 0.2) is 12.7 Å². The minimum atomic E-state index is -1.63. The summed E-state index contributed by atoms with van der Waals surface area (Å²) in [5.41, 5.74) is 0.310. The van der Waals surface area contributed by atoms with Crippen LogP contribution in [0, 0.1) is 0 Å². The zero-order valence-electron chi connectivity index (χ0n) is 26.5. The molecule has 1 saturated heterocycles. The number of nitrogens with one attached hydrogen (secondary N) is 3. The predicted molar refractivity (Wildman–Crippen MR) is 184 cm³/mol. The van der Waals surface area contributed by atoms with Crippen LogP contribution in [0.5, 0.6) is 5.75 Å². The zero-order valence-corrected chi connectivity index (χ0v) is 28.2. The largest absolute Gasteiger partial charge is 0.483 e. The van der Waals surface area contributed by atoms with E-state index in [1.807, 2.05) is 93.8 Å². The first-order valence-corrected chi connectivity index (χ1v) is 17.6. The minimum absolute atomic E-state index is 0.156. The van der Waals surface area contributed by atoms with Crippen molar-refractivity contribution >= 4 is 57.9 Å². The number of nitrogens with zero attached hydrogens (tertiary/aromatic N) is 1. The summed E-state index contributed by atoms with van der Waals surface area (Å²) in [6.45, 7) is 5.28. The van der Waals surface area contributed by atoms with E-state index in [1.54, 1.807) is 6.07 Å². The second-order valence-corrected chi connectivity index (χ2v) is 14.1. The van der Waals surface area contributed by atoms with Gasteiger partial charge in [0.05, 0.1) is 11.9 Å². The Morgan fingerprint density at radius 2 is 1.70 bits per heavy atom. The van der Waals surface area contributed by atoms with Crippen molar-refractivity contribution in [3.05, 3.63) is 78.4 Å². The van der Waals surface area contributed by atoms with Crippen molar-refractivity contribution in [2.45, 2.75) is 57.0 Å². The van der Waals surface area contributed by atoms with E-state index in [9.17, 15) is 24.3 Å². The Bertz CT molecular complexity index is 1510. The third-order valence-corrected chi connectivity index (χ3v) is 9.00. The molecular weight excluding hydrogens is 625 g/mol. The molecule has 12 heteroatoms. The summed E-state index contributed by atoms with van der Waals surface area (Å²) in [6, 6.07) is 19.7. The van der Waals surface area contributed by atoms with Gasteiger partial charge in [-0.1, -0.05) is 66.7 Å². The molecule has 0 aliphatic carbocycles. The maximum absolute atomic E-state index is 13.7. The van der Waals surface area contributed by atoms with Gasteiger partial charge >= 0.3 is 0 Å². The predicted octanol–water partition coefficient (Wildman–Crippen LogP) is 2.97. The number of hydrogen-bond donors (Lipinski definition) is 4. The van der Waals surface area contributed by atoms with Gasteiger partial charge in [-0.3, -0.25) is 19.2 Å². The Hall–Kier alpha value is -3.74. The molecule has 246 valence electrons. The average Bonchev–Trinajstić information content (AvgIpc) is 3.53. The number of aliphatic hydroxyl groups is 1. The molecular formula is C34H42N4O6S2. The maximum Gasteiger partial charge on any atom is 0.258 e. The summed E-state index contributed by atoms with van der Waals surface area (Å²) in [5.74, 6) is -0.516. The van der Waals surface area contributed by atoms with Crippen LogP contribution in [0.25, 0.3) is 10.8 Å². The Labute approximate surface area is 278 Å². The molecule has 10 nitrogen and oxygen atoms in total. The highest BCUT2D eigenvalue weighted by Gasteiger charge is 2.41. The average molecular weight is 667 g/mol. The van der Waals surface area contributed by atoms with E-state index >= 15 is 0 Å². The van der Waals surface area contributed by atoms with Crippen molar-refractivity contribution in [2.24, 2.45) is 0 Å². The quantitative estimate of drug-likeness (QED) is 0.219. The molecule has 46 heavy (non-hydrogen) atoms. The van der Waals surface area contributed by atoms with Crippen LogP contribution in [0.1, 0.15) is 26.3 Å². The molecule has 3 aromatic rings. The fourth-order valence-corrected chi connectivity index (χ4v) is 6.85. The van der Waals surface area contributed by atoms with E-state index in [1.165, 1.54) is 28.4 Å². The lowest BCUT2D eigenvalue weighted by molar-refractivity contribution is -0.147. The molecule has 0 radical (unpaired) electrons. The number of ether oxygens (including phenoxy) is 1. The Morgan fingerprint density at radius 3 is 2.41 bits per heavy atom. The van der Waals surface area contributed by atoms with Gasteiger partial charge in [-0.15, -0.1) is 11.8 Å². The third-order valence-electron chi connectivity index (χ3n) is 7.32. The van der Waals surface area contributed by atoms with Crippen molar-refractivity contribution in [3.63, 3.8) is 0 Å². The van der Waals surface area contributed by atoms with E-state index in [0.29, 0.717) is 11.5 Å². The number of aliphatic hydroxyl groups excluding tert-OH is 1. The highest BCUT2D eigenvalue weighted by atomic mass is 32.2. The van der Waals surface area contributed by atoms with E-state index in [4.69, 9.17) is 4.74 Å². The van der Waals surface area contributed by atoms with E-state index in [2.05, 4.69) is 16.0 Å². The van der Waals surface area contributed by atoms with Gasteiger partial charge in [0.1, 0.15) is 17.8 Å². The first kappa shape index (κ1) is 35.1. The van der Waals surface area contributed by atoms with Crippen LogP contribution in [0.3, 0.4) is 0 Å². The molecule has 4 N–H and O–H groups in total. The Kier molecular flexibility index (Phi) is 12.4. The van der Waals surface area contributed by atoms with Gasteiger partial charge in [-0.25, -0.2) is 0 Å². The van der Waals surface area contributed by atoms with Crippen LogP contribution in [0.4, 0.5) is 0 Å². The second-order valence-electron chi connectivity index (χ2n) is 12.2. The van der Waals surface area contributed by atoms with Crippen molar-refractivity contribution in [1.82, 2.24) is 20.9 Å². The van der Waals surface area contributed by atoms with E-state index in [-0.39, 0.29) is 30.6 Å². The summed E-state index contributed by atoms with van der Waals surface area (Å²) in [5, 5.41) is 21.7. The van der Waals surface area contributed by atoms with Crippen LogP contribution >= 0.6 is 23.5 Å². The monoisotopic (exact) mass is 666 g/mol. The molecule has 1 heterocycles. The highest BCUT2D eigenvalue weighted by molar-refractivity contribution is 7.99. The van der Waals surface area contributed by atoms with Crippen molar-refractivity contribution in [2.75, 3.05) is 30.2 Å². The molecule has 3 aromatic carbocycles. The lowest BCUT2D eigenvalue weighted by Crippen LogP contribution is -2.59. The number of fused-ring (bicyclic) bond motifs is 1. The van der Waals surface area contributed by atoms with Crippen molar-refractivity contribution < 1.29 is 29.0 Å². The normalized spacial score (nSPS) is 16.7.